The number of halogens is 11. The van der Waals surface area contributed by atoms with E-state index in [1.54, 1.807) is 4.18 Å². The minimum absolute atomic E-state index is 1.29. The summed E-state index contributed by atoms with van der Waals surface area (Å²) in [5.74, 6) is -6.99. The maximum atomic E-state index is 12.5. The van der Waals surface area contributed by atoms with Gasteiger partial charge in [0.25, 0.3) is 0 Å². The molecule has 0 saturated carbocycles. The molecule has 0 N–H and O–H groups in total. The lowest BCUT2D eigenvalue weighted by molar-refractivity contribution is -0.406. The van der Waals surface area contributed by atoms with Crippen LogP contribution in [0.25, 0.3) is 0 Å². The molecule has 0 amide bonds. The topological polar surface area (TPSA) is 43.4 Å². The fraction of sp³-hybridized carbons (Fsp3) is 0.400. The summed E-state index contributed by atoms with van der Waals surface area (Å²) in [5.41, 5.74) is -6.65. The van der Waals surface area contributed by atoms with Crippen molar-refractivity contribution in [2.45, 2.75) is 23.7 Å². The Bertz CT molecular complexity index is 636. The molecule has 0 aromatic heterocycles. The van der Waals surface area contributed by atoms with Crippen molar-refractivity contribution >= 4 is 32.7 Å². The summed E-state index contributed by atoms with van der Waals surface area (Å²) >= 11 is 2.28. The van der Waals surface area contributed by atoms with Gasteiger partial charge in [-0.15, -0.1) is 0 Å². The molecule has 0 radical (unpaired) electrons. The lowest BCUT2D eigenvalue weighted by Crippen LogP contribution is -2.57. The molecule has 0 aliphatic rings. The number of rotatable bonds is 2. The van der Waals surface area contributed by atoms with Crippen LogP contribution in [0.2, 0.25) is 0 Å². The van der Waals surface area contributed by atoms with Crippen molar-refractivity contribution < 1.29 is 56.5 Å². The third kappa shape index (κ3) is 6.43. The van der Waals surface area contributed by atoms with Crippen LogP contribution >= 0.6 is 22.6 Å². The Labute approximate surface area is 147 Å². The molecule has 3 nitrogen and oxygen atoms in total. The van der Waals surface area contributed by atoms with Crippen LogP contribution in [0.3, 0.4) is 0 Å². The maximum Gasteiger partial charge on any atom is 0.523 e. The van der Waals surface area contributed by atoms with Crippen LogP contribution in [0.5, 0.6) is 0 Å². The second-order valence-electron chi connectivity index (χ2n) is 3.87. The summed E-state index contributed by atoms with van der Waals surface area (Å²) in [6.45, 7) is 0. The smallest absolute Gasteiger partial charge is 0.205 e. The van der Waals surface area contributed by atoms with Crippen LogP contribution in [-0.4, -0.2) is 32.1 Å². The number of alkyl halides is 10. The first-order chi connectivity index (χ1) is 10.9. The van der Waals surface area contributed by atoms with Gasteiger partial charge in [0, 0.05) is 3.57 Å². The monoisotopic (exact) mass is 522 g/mol. The van der Waals surface area contributed by atoms with E-state index in [0.717, 1.165) is 0 Å². The fourth-order valence-electron chi connectivity index (χ4n) is 0.868. The van der Waals surface area contributed by atoms with Crippen LogP contribution in [0.1, 0.15) is 0 Å². The van der Waals surface area contributed by atoms with Crippen molar-refractivity contribution in [1.82, 2.24) is 0 Å². The SMILES string of the molecule is Ic1ccccc1.O=S(=O)(OC(F)(C(F)(F)F)C(F)(F)F)C(F)(F)F. The Kier molecular flexibility index (Phi) is 7.55. The molecule has 146 valence electrons. The molecule has 0 fully saturated rings. The zero-order valence-corrected chi connectivity index (χ0v) is 14.2. The summed E-state index contributed by atoms with van der Waals surface area (Å²) in [4.78, 5) is 0. The second kappa shape index (κ2) is 7.81. The zero-order valence-electron chi connectivity index (χ0n) is 11.2. The molecule has 1 aromatic carbocycles. The van der Waals surface area contributed by atoms with E-state index in [2.05, 4.69) is 34.7 Å². The summed E-state index contributed by atoms with van der Waals surface area (Å²) in [5, 5.41) is 0. The molecule has 15 heteroatoms. The highest BCUT2D eigenvalue weighted by Gasteiger charge is 2.78. The quantitative estimate of drug-likeness (QED) is 0.240. The van der Waals surface area contributed by atoms with Gasteiger partial charge < -0.3 is 0 Å². The summed E-state index contributed by atoms with van der Waals surface area (Å²) in [6.07, 6.45) is -14.2. The third-order valence-corrected chi connectivity index (χ3v) is 3.71. The van der Waals surface area contributed by atoms with E-state index in [9.17, 15) is 52.3 Å². The molecule has 1 aromatic rings. The van der Waals surface area contributed by atoms with E-state index < -0.39 is 33.8 Å². The lowest BCUT2D eigenvalue weighted by atomic mass is 10.3. The minimum atomic E-state index is -7.44. The van der Waals surface area contributed by atoms with E-state index in [1.807, 2.05) is 18.2 Å². The van der Waals surface area contributed by atoms with E-state index >= 15 is 0 Å². The number of hydrogen-bond acceptors (Lipinski definition) is 3. The van der Waals surface area contributed by atoms with Crippen molar-refractivity contribution in [3.8, 4) is 0 Å². The Morgan fingerprint density at radius 3 is 1.32 bits per heavy atom. The molecule has 1 rings (SSSR count). The average molecular weight is 522 g/mol. The fourth-order valence-corrected chi connectivity index (χ4v) is 1.87. The van der Waals surface area contributed by atoms with Crippen molar-refractivity contribution in [1.29, 1.82) is 0 Å². The first kappa shape index (κ1) is 24.2. The molecule has 0 aliphatic heterocycles. The Morgan fingerprint density at radius 2 is 1.12 bits per heavy atom. The highest BCUT2D eigenvalue weighted by Crippen LogP contribution is 2.49. The van der Waals surface area contributed by atoms with E-state index in [0.29, 0.717) is 0 Å². The average Bonchev–Trinajstić information content (AvgIpc) is 2.35. The standard InChI is InChI=1S/C6H5I.C4F10O3S/c7-6-4-2-1-3-5-6;5-1(2(6,7)8,3(9,10)11)17-18(15,16)4(12,13)14/h1-5H;. The maximum absolute atomic E-state index is 12.5. The molecule has 25 heavy (non-hydrogen) atoms. The van der Waals surface area contributed by atoms with Crippen molar-refractivity contribution in [2.75, 3.05) is 0 Å². The van der Waals surface area contributed by atoms with Gasteiger partial charge in [0.05, 0.1) is 0 Å². The van der Waals surface area contributed by atoms with Gasteiger partial charge in [-0.2, -0.15) is 52.3 Å². The van der Waals surface area contributed by atoms with Crippen LogP contribution in [0, 0.1) is 3.57 Å². The van der Waals surface area contributed by atoms with Gasteiger partial charge in [-0.3, -0.25) is 0 Å². The van der Waals surface area contributed by atoms with Crippen LogP contribution in [0.15, 0.2) is 30.3 Å². The molecule has 0 atom stereocenters. The molecule has 0 spiro atoms. The van der Waals surface area contributed by atoms with Gasteiger partial charge in [-0.1, -0.05) is 18.2 Å². The van der Waals surface area contributed by atoms with Gasteiger partial charge in [-0.25, -0.2) is 4.18 Å². The van der Waals surface area contributed by atoms with Gasteiger partial charge in [-0.05, 0) is 34.7 Å². The minimum Gasteiger partial charge on any atom is -0.205 e. The Hall–Kier alpha value is -0.840. The molecule has 0 heterocycles. The predicted molar refractivity (Wildman–Crippen MR) is 71.2 cm³/mol. The molecular weight excluding hydrogens is 517 g/mol. The van der Waals surface area contributed by atoms with Crippen LogP contribution < -0.4 is 0 Å². The van der Waals surface area contributed by atoms with Crippen LogP contribution in [0.4, 0.5) is 43.9 Å². The summed E-state index contributed by atoms with van der Waals surface area (Å²) in [7, 11) is -7.44. The summed E-state index contributed by atoms with van der Waals surface area (Å²) < 4.78 is 140. The highest BCUT2D eigenvalue weighted by atomic mass is 127. The van der Waals surface area contributed by atoms with Crippen molar-refractivity contribution in [3.63, 3.8) is 0 Å². The molecule has 0 aliphatic carbocycles. The Balaban J connectivity index is 0.000000676. The molecular formula is C10H5F10IO3S. The number of hydrogen-bond donors (Lipinski definition) is 0. The molecule has 0 unspecified atom stereocenters. The van der Waals surface area contributed by atoms with Gasteiger partial charge >= 0.3 is 33.8 Å². The Morgan fingerprint density at radius 1 is 0.760 bits per heavy atom. The zero-order chi connectivity index (χ0) is 20.3. The molecule has 0 saturated heterocycles. The van der Waals surface area contributed by atoms with Gasteiger partial charge in [0.1, 0.15) is 0 Å². The van der Waals surface area contributed by atoms with Gasteiger partial charge in [0.2, 0.25) is 0 Å². The molecule has 0 bridgehead atoms. The third-order valence-electron chi connectivity index (χ3n) is 1.97. The van der Waals surface area contributed by atoms with E-state index in [4.69, 9.17) is 0 Å². The second-order valence-corrected chi connectivity index (χ2v) is 6.65. The van der Waals surface area contributed by atoms with Crippen molar-refractivity contribution in [3.05, 3.63) is 33.9 Å². The lowest BCUT2D eigenvalue weighted by Gasteiger charge is -2.28. The predicted octanol–water partition coefficient (Wildman–Crippen LogP) is 4.93. The van der Waals surface area contributed by atoms with E-state index in [-0.39, 0.29) is 0 Å². The van der Waals surface area contributed by atoms with Crippen LogP contribution in [-0.2, 0) is 14.3 Å². The van der Waals surface area contributed by atoms with E-state index in [1.165, 1.54) is 3.57 Å². The van der Waals surface area contributed by atoms with Gasteiger partial charge in [0.15, 0.2) is 0 Å². The normalized spacial score (nSPS) is 13.9. The highest BCUT2D eigenvalue weighted by molar-refractivity contribution is 14.1. The summed E-state index contributed by atoms with van der Waals surface area (Å²) in [6, 6.07) is 10.2. The first-order valence-electron chi connectivity index (χ1n) is 5.40. The number of benzene rings is 1. The van der Waals surface area contributed by atoms with Crippen molar-refractivity contribution in [2.24, 2.45) is 0 Å². The first-order valence-corrected chi connectivity index (χ1v) is 7.88. The largest absolute Gasteiger partial charge is 0.523 e.